The number of carbonyl (C=O) groups is 2. The van der Waals surface area contributed by atoms with Crippen molar-refractivity contribution in [2.24, 2.45) is 0 Å². The van der Waals surface area contributed by atoms with Crippen molar-refractivity contribution in [3.8, 4) is 0 Å². The van der Waals surface area contributed by atoms with E-state index in [0.717, 1.165) is 3.79 Å². The lowest BCUT2D eigenvalue weighted by Crippen LogP contribution is -2.27. The van der Waals surface area contributed by atoms with E-state index in [1.165, 1.54) is 11.3 Å². The molecule has 16 heavy (non-hydrogen) atoms. The Morgan fingerprint density at radius 1 is 1.50 bits per heavy atom. The summed E-state index contributed by atoms with van der Waals surface area (Å²) in [5.74, 6) is -1.21. The van der Waals surface area contributed by atoms with Gasteiger partial charge in [-0.1, -0.05) is 0 Å². The van der Waals surface area contributed by atoms with Crippen LogP contribution in [0.4, 0.5) is 0 Å². The van der Waals surface area contributed by atoms with E-state index in [9.17, 15) is 9.59 Å². The molecule has 0 aliphatic heterocycles. The molecule has 0 saturated heterocycles. The molecule has 2 N–H and O–H groups in total. The number of ether oxygens (including phenoxy) is 1. The molecular weight excluding hydrogens is 298 g/mol. The highest BCUT2D eigenvalue weighted by molar-refractivity contribution is 9.11. The van der Waals surface area contributed by atoms with Gasteiger partial charge in [0.15, 0.2) is 0 Å². The molecule has 0 atom stereocenters. The highest BCUT2D eigenvalue weighted by Crippen LogP contribution is 2.21. The Balaban J connectivity index is 2.18. The molecule has 0 bridgehead atoms. The van der Waals surface area contributed by atoms with Crippen molar-refractivity contribution in [3.63, 3.8) is 0 Å². The lowest BCUT2D eigenvalue weighted by molar-refractivity contribution is -0.142. The fraction of sp³-hybridized carbons (Fsp3) is 0.333. The Morgan fingerprint density at radius 3 is 2.81 bits per heavy atom. The highest BCUT2D eigenvalue weighted by Gasteiger charge is 2.07. The first-order valence-electron chi connectivity index (χ1n) is 4.42. The third-order valence-corrected chi connectivity index (χ3v) is 3.18. The summed E-state index contributed by atoms with van der Waals surface area (Å²) in [6.45, 7) is 0.132. The normalized spacial score (nSPS) is 10.1. The maximum atomic E-state index is 11.5. The monoisotopic (exact) mass is 307 g/mol. The van der Waals surface area contributed by atoms with Gasteiger partial charge < -0.3 is 15.2 Å². The molecule has 0 aliphatic carbocycles. The summed E-state index contributed by atoms with van der Waals surface area (Å²) in [7, 11) is 0. The molecule has 1 heterocycles. The van der Waals surface area contributed by atoms with E-state index in [0.29, 0.717) is 11.4 Å². The molecule has 0 saturated carbocycles. The zero-order valence-corrected chi connectivity index (χ0v) is 10.6. The van der Waals surface area contributed by atoms with Gasteiger partial charge in [0, 0.05) is 6.54 Å². The third kappa shape index (κ3) is 4.73. The van der Waals surface area contributed by atoms with Crippen LogP contribution in [0.25, 0.3) is 0 Å². The minimum atomic E-state index is -1.02. The fourth-order valence-corrected chi connectivity index (χ4v) is 2.22. The number of amides is 1. The Labute approximate surface area is 105 Å². The molecule has 0 radical (unpaired) electrons. The van der Waals surface area contributed by atoms with Crippen molar-refractivity contribution in [1.29, 1.82) is 0 Å². The minimum absolute atomic E-state index is 0.185. The molecule has 0 unspecified atom stereocenters. The van der Waals surface area contributed by atoms with Gasteiger partial charge in [-0.05, 0) is 28.1 Å². The van der Waals surface area contributed by atoms with Crippen molar-refractivity contribution >= 4 is 39.1 Å². The van der Waals surface area contributed by atoms with Gasteiger partial charge in [-0.25, -0.2) is 4.79 Å². The maximum absolute atomic E-state index is 11.5. The standard InChI is InChI=1S/C9H10BrNO4S/c10-7-2-1-6(16-7)9(14)11-3-4-15-5-8(12)13/h1-2H,3-5H2,(H,11,14)(H,12,13). The van der Waals surface area contributed by atoms with E-state index in [1.807, 2.05) is 0 Å². The third-order valence-electron chi connectivity index (χ3n) is 1.55. The zero-order chi connectivity index (χ0) is 12.0. The van der Waals surface area contributed by atoms with Crippen LogP contribution < -0.4 is 5.32 Å². The number of hydrogen-bond acceptors (Lipinski definition) is 4. The molecule has 0 aromatic carbocycles. The van der Waals surface area contributed by atoms with E-state index in [2.05, 4.69) is 21.2 Å². The van der Waals surface area contributed by atoms with Crippen molar-refractivity contribution in [3.05, 3.63) is 20.8 Å². The predicted molar refractivity (Wildman–Crippen MR) is 62.8 cm³/mol. The van der Waals surface area contributed by atoms with E-state index in [4.69, 9.17) is 9.84 Å². The van der Waals surface area contributed by atoms with Crippen LogP contribution in [-0.4, -0.2) is 36.7 Å². The number of nitrogens with one attached hydrogen (secondary N) is 1. The molecule has 0 spiro atoms. The number of carbonyl (C=O) groups excluding carboxylic acids is 1. The van der Waals surface area contributed by atoms with Gasteiger partial charge in [0.2, 0.25) is 0 Å². The largest absolute Gasteiger partial charge is 0.480 e. The summed E-state index contributed by atoms with van der Waals surface area (Å²) in [6.07, 6.45) is 0. The van der Waals surface area contributed by atoms with Crippen molar-refractivity contribution in [2.45, 2.75) is 0 Å². The molecule has 1 aromatic rings. The molecule has 1 amide bonds. The Morgan fingerprint density at radius 2 is 2.25 bits per heavy atom. The summed E-state index contributed by atoms with van der Waals surface area (Å²) >= 11 is 4.59. The Bertz CT molecular complexity index is 379. The SMILES string of the molecule is O=C(O)COCCNC(=O)c1ccc(Br)s1. The number of thiophene rings is 1. The number of carboxylic acids is 1. The number of rotatable bonds is 6. The number of hydrogen-bond donors (Lipinski definition) is 2. The number of halogens is 1. The zero-order valence-electron chi connectivity index (χ0n) is 8.23. The lowest BCUT2D eigenvalue weighted by atomic mass is 10.4. The molecule has 1 rings (SSSR count). The number of aliphatic carboxylic acids is 1. The van der Waals surface area contributed by atoms with E-state index in [-0.39, 0.29) is 19.1 Å². The van der Waals surface area contributed by atoms with Crippen LogP contribution >= 0.6 is 27.3 Å². The van der Waals surface area contributed by atoms with Gasteiger partial charge in [0.05, 0.1) is 15.3 Å². The van der Waals surface area contributed by atoms with Gasteiger partial charge in [0.1, 0.15) is 6.61 Å². The van der Waals surface area contributed by atoms with Crippen LogP contribution in [-0.2, 0) is 9.53 Å². The Hall–Kier alpha value is -0.920. The molecule has 0 fully saturated rings. The smallest absolute Gasteiger partial charge is 0.329 e. The highest BCUT2D eigenvalue weighted by atomic mass is 79.9. The summed E-state index contributed by atoms with van der Waals surface area (Å²) in [5, 5.41) is 10.9. The second-order valence-corrected chi connectivity index (χ2v) is 5.27. The first kappa shape index (κ1) is 13.1. The maximum Gasteiger partial charge on any atom is 0.329 e. The Kier molecular flexibility index (Phi) is 5.44. The van der Waals surface area contributed by atoms with Gasteiger partial charge in [-0.2, -0.15) is 0 Å². The molecule has 0 aliphatic rings. The summed E-state index contributed by atoms with van der Waals surface area (Å²) in [5.41, 5.74) is 0. The molecular formula is C9H10BrNO4S. The molecule has 1 aromatic heterocycles. The molecule has 5 nitrogen and oxygen atoms in total. The van der Waals surface area contributed by atoms with Gasteiger partial charge in [-0.15, -0.1) is 11.3 Å². The average molecular weight is 308 g/mol. The summed E-state index contributed by atoms with van der Waals surface area (Å²) in [6, 6.07) is 3.50. The van der Waals surface area contributed by atoms with E-state index >= 15 is 0 Å². The van der Waals surface area contributed by atoms with Crippen LogP contribution in [0.5, 0.6) is 0 Å². The van der Waals surface area contributed by atoms with Gasteiger partial charge in [0.25, 0.3) is 5.91 Å². The lowest BCUT2D eigenvalue weighted by Gasteiger charge is -2.03. The topological polar surface area (TPSA) is 75.6 Å². The second-order valence-electron chi connectivity index (χ2n) is 2.81. The van der Waals surface area contributed by atoms with E-state index in [1.54, 1.807) is 12.1 Å². The van der Waals surface area contributed by atoms with E-state index < -0.39 is 5.97 Å². The molecule has 88 valence electrons. The van der Waals surface area contributed by atoms with Crippen LogP contribution in [0.1, 0.15) is 9.67 Å². The van der Waals surface area contributed by atoms with Crippen molar-refractivity contribution < 1.29 is 19.4 Å². The summed E-state index contributed by atoms with van der Waals surface area (Å²) in [4.78, 5) is 22.2. The quantitative estimate of drug-likeness (QED) is 0.778. The first-order valence-corrected chi connectivity index (χ1v) is 6.03. The predicted octanol–water partition coefficient (Wildman–Crippen LogP) is 1.34. The first-order chi connectivity index (χ1) is 7.59. The number of carboxylic acid groups (broad SMARTS) is 1. The van der Waals surface area contributed by atoms with Crippen molar-refractivity contribution in [1.82, 2.24) is 5.32 Å². The van der Waals surface area contributed by atoms with Gasteiger partial charge in [-0.3, -0.25) is 4.79 Å². The fourth-order valence-electron chi connectivity index (χ4n) is 0.920. The minimum Gasteiger partial charge on any atom is -0.480 e. The van der Waals surface area contributed by atoms with Crippen LogP contribution in [0.3, 0.4) is 0 Å². The summed E-state index contributed by atoms with van der Waals surface area (Å²) < 4.78 is 5.66. The van der Waals surface area contributed by atoms with Crippen molar-refractivity contribution in [2.75, 3.05) is 19.8 Å². The average Bonchev–Trinajstić information content (AvgIpc) is 2.63. The van der Waals surface area contributed by atoms with Crippen LogP contribution in [0.2, 0.25) is 0 Å². The molecule has 7 heteroatoms. The van der Waals surface area contributed by atoms with Crippen LogP contribution in [0.15, 0.2) is 15.9 Å². The van der Waals surface area contributed by atoms with Gasteiger partial charge >= 0.3 is 5.97 Å². The van der Waals surface area contributed by atoms with Crippen LogP contribution in [0, 0.1) is 0 Å². The second kappa shape index (κ2) is 6.62.